The average molecular weight is 655 g/mol. The summed E-state index contributed by atoms with van der Waals surface area (Å²) < 4.78 is 2.38. The van der Waals surface area contributed by atoms with Gasteiger partial charge in [0, 0.05) is 63.7 Å². The zero-order valence-corrected chi connectivity index (χ0v) is 27.7. The van der Waals surface area contributed by atoms with Gasteiger partial charge in [0.15, 0.2) is 10.3 Å². The number of hydrogen-bond acceptors (Lipinski definition) is 8. The summed E-state index contributed by atoms with van der Waals surface area (Å²) in [6.45, 7) is 2.69. The van der Waals surface area contributed by atoms with Gasteiger partial charge in [-0.2, -0.15) is 0 Å². The van der Waals surface area contributed by atoms with Gasteiger partial charge in [0.2, 0.25) is 0 Å². The van der Waals surface area contributed by atoms with Gasteiger partial charge < -0.3 is 30.2 Å². The molecule has 0 atom stereocenters. The van der Waals surface area contributed by atoms with E-state index in [1.807, 2.05) is 70.5 Å². The minimum Gasteiger partial charge on any atom is -0.348 e. The zero-order chi connectivity index (χ0) is 31.6. The number of thiazole rings is 2. The second-order valence-corrected chi connectivity index (χ2v) is 14.0. The van der Waals surface area contributed by atoms with E-state index in [1.165, 1.54) is 9.40 Å². The van der Waals surface area contributed by atoms with Crippen molar-refractivity contribution in [3.8, 4) is 0 Å². The number of para-hydroxylation sites is 2. The van der Waals surface area contributed by atoms with Crippen molar-refractivity contribution >= 4 is 76.8 Å². The lowest BCUT2D eigenvalue weighted by Crippen LogP contribution is -2.47. The van der Waals surface area contributed by atoms with Crippen molar-refractivity contribution in [1.29, 1.82) is 0 Å². The third-order valence-electron chi connectivity index (χ3n) is 9.13. The fourth-order valence-electron chi connectivity index (χ4n) is 6.33. The molecule has 3 aromatic carbocycles. The topological polar surface area (TPSA) is 96.9 Å². The molecular formula is C34H38N8O2S2. The number of hydrogen-bond donors (Lipinski definition) is 2. The fraction of sp³-hybridized carbons (Fsp3) is 0.353. The highest BCUT2D eigenvalue weighted by molar-refractivity contribution is 7.22. The Hall–Kier alpha value is -4.42. The highest BCUT2D eigenvalue weighted by Crippen LogP contribution is 2.32. The van der Waals surface area contributed by atoms with E-state index in [1.54, 1.807) is 22.7 Å². The van der Waals surface area contributed by atoms with Crippen molar-refractivity contribution in [2.75, 3.05) is 60.7 Å². The zero-order valence-electron chi connectivity index (χ0n) is 26.1. The molecule has 0 radical (unpaired) electrons. The molecule has 10 nitrogen and oxygen atoms in total. The van der Waals surface area contributed by atoms with Gasteiger partial charge in [0.25, 0.3) is 0 Å². The van der Waals surface area contributed by atoms with Crippen LogP contribution in [0.5, 0.6) is 0 Å². The molecule has 0 unspecified atom stereocenters. The highest BCUT2D eigenvalue weighted by Gasteiger charge is 2.28. The van der Waals surface area contributed by atoms with Crippen molar-refractivity contribution in [1.82, 2.24) is 19.8 Å². The fourth-order valence-corrected chi connectivity index (χ4v) is 8.32. The molecule has 5 aromatic rings. The molecule has 7 rings (SSSR count). The van der Waals surface area contributed by atoms with Crippen LogP contribution in [-0.4, -0.2) is 84.2 Å². The lowest BCUT2D eigenvalue weighted by Gasteiger charge is -2.36. The standard InChI is InChI=1S/C34H38N8O2S2/c1-39(33-37-27-10-3-5-12-29(27)45-33)25-14-18-41(19-15-25)31(43)35-23-8-7-9-24(22-23)36-32(44)42-20-16-26(17-21-42)40(2)34-38-28-11-4-6-13-30(28)46-34/h3-13,22,25-26H,14-21H2,1-2H3,(H,35,43)(H,36,44). The summed E-state index contributed by atoms with van der Waals surface area (Å²) in [4.78, 5) is 44.1. The first kappa shape index (κ1) is 30.2. The molecule has 0 saturated carbocycles. The first-order valence-corrected chi connectivity index (χ1v) is 17.4. The first-order chi connectivity index (χ1) is 22.4. The summed E-state index contributed by atoms with van der Waals surface area (Å²) in [6.07, 6.45) is 3.51. The lowest BCUT2D eigenvalue weighted by atomic mass is 10.0. The Morgan fingerprint density at radius 1 is 0.652 bits per heavy atom. The van der Waals surface area contributed by atoms with Crippen molar-refractivity contribution in [3.05, 3.63) is 72.8 Å². The van der Waals surface area contributed by atoms with Crippen LogP contribution in [0, 0.1) is 0 Å². The van der Waals surface area contributed by atoms with Gasteiger partial charge in [0.1, 0.15) is 0 Å². The van der Waals surface area contributed by atoms with Crippen LogP contribution < -0.4 is 20.4 Å². The Kier molecular flexibility index (Phi) is 8.63. The largest absolute Gasteiger partial charge is 0.348 e. The summed E-state index contributed by atoms with van der Waals surface area (Å²) in [7, 11) is 4.20. The summed E-state index contributed by atoms with van der Waals surface area (Å²) in [5.74, 6) is 0. The Bertz CT molecular complexity index is 1650. The maximum absolute atomic E-state index is 13.1. The maximum atomic E-state index is 13.1. The molecule has 46 heavy (non-hydrogen) atoms. The highest BCUT2D eigenvalue weighted by atomic mass is 32.1. The van der Waals surface area contributed by atoms with Crippen molar-refractivity contribution in [2.24, 2.45) is 0 Å². The maximum Gasteiger partial charge on any atom is 0.321 e. The van der Waals surface area contributed by atoms with Crippen LogP contribution in [0.25, 0.3) is 20.4 Å². The minimum atomic E-state index is -0.121. The van der Waals surface area contributed by atoms with Crippen molar-refractivity contribution < 1.29 is 9.59 Å². The molecule has 0 aliphatic carbocycles. The number of carbonyl (C=O) groups excluding carboxylic acids is 2. The summed E-state index contributed by atoms with van der Waals surface area (Å²) in [5.41, 5.74) is 3.37. The molecule has 0 bridgehead atoms. The van der Waals surface area contributed by atoms with Crippen LogP contribution in [0.2, 0.25) is 0 Å². The van der Waals surface area contributed by atoms with E-state index < -0.39 is 0 Å². The number of urea groups is 2. The van der Waals surface area contributed by atoms with E-state index in [2.05, 4.69) is 46.7 Å². The minimum absolute atomic E-state index is 0.121. The van der Waals surface area contributed by atoms with E-state index in [0.29, 0.717) is 49.6 Å². The van der Waals surface area contributed by atoms with E-state index in [9.17, 15) is 9.59 Å². The van der Waals surface area contributed by atoms with E-state index >= 15 is 0 Å². The molecular weight excluding hydrogens is 617 g/mol. The van der Waals surface area contributed by atoms with Crippen molar-refractivity contribution in [2.45, 2.75) is 37.8 Å². The smallest absolute Gasteiger partial charge is 0.321 e. The van der Waals surface area contributed by atoms with E-state index in [4.69, 9.17) is 9.97 Å². The molecule has 2 aliphatic rings. The summed E-state index contributed by atoms with van der Waals surface area (Å²) >= 11 is 3.42. The van der Waals surface area contributed by atoms with Crippen LogP contribution in [0.15, 0.2) is 72.8 Å². The van der Waals surface area contributed by atoms with Gasteiger partial charge in [0.05, 0.1) is 20.4 Å². The molecule has 0 spiro atoms. The number of nitrogens with one attached hydrogen (secondary N) is 2. The molecule has 4 heterocycles. The number of carbonyl (C=O) groups is 2. The number of benzene rings is 3. The van der Waals surface area contributed by atoms with Gasteiger partial charge in [-0.3, -0.25) is 0 Å². The third kappa shape index (κ3) is 6.45. The number of rotatable bonds is 6. The van der Waals surface area contributed by atoms with Crippen molar-refractivity contribution in [3.63, 3.8) is 0 Å². The molecule has 2 N–H and O–H groups in total. The summed E-state index contributed by atoms with van der Waals surface area (Å²) in [5, 5.41) is 8.09. The third-order valence-corrected chi connectivity index (χ3v) is 11.4. The Labute approximate surface area is 276 Å². The number of piperidine rings is 2. The number of fused-ring (bicyclic) bond motifs is 2. The Morgan fingerprint density at radius 2 is 1.07 bits per heavy atom. The molecule has 2 aromatic heterocycles. The lowest BCUT2D eigenvalue weighted by molar-refractivity contribution is 0.193. The number of anilines is 4. The molecule has 2 fully saturated rings. The monoisotopic (exact) mass is 654 g/mol. The number of aromatic nitrogens is 2. The second kappa shape index (κ2) is 13.1. The quantitative estimate of drug-likeness (QED) is 0.202. The predicted molar refractivity (Wildman–Crippen MR) is 190 cm³/mol. The predicted octanol–water partition coefficient (Wildman–Crippen LogP) is 7.17. The second-order valence-electron chi connectivity index (χ2n) is 12.0. The number of likely N-dealkylation sites (tertiary alicyclic amines) is 2. The van der Waals surface area contributed by atoms with Gasteiger partial charge in [-0.05, 0) is 68.1 Å². The van der Waals surface area contributed by atoms with E-state index in [0.717, 1.165) is 47.0 Å². The molecule has 2 saturated heterocycles. The normalized spacial score (nSPS) is 16.1. The molecule has 12 heteroatoms. The SMILES string of the molecule is CN(c1nc2ccccc2s1)C1CCN(C(=O)Nc2cccc(NC(=O)N3CCC(N(C)c4nc5ccccc5s4)CC3)c2)CC1. The molecule has 2 aliphatic heterocycles. The number of amides is 4. The average Bonchev–Trinajstić information content (AvgIpc) is 3.73. The van der Waals surface area contributed by atoms with Crippen LogP contribution in [0.3, 0.4) is 0 Å². The van der Waals surface area contributed by atoms with Gasteiger partial charge >= 0.3 is 12.1 Å². The summed E-state index contributed by atoms with van der Waals surface area (Å²) in [6, 6.07) is 24.2. The van der Waals surface area contributed by atoms with E-state index in [-0.39, 0.29) is 12.1 Å². The molecule has 4 amide bonds. The molecule has 238 valence electrons. The van der Waals surface area contributed by atoms with Crippen LogP contribution in [-0.2, 0) is 0 Å². The van der Waals surface area contributed by atoms with Gasteiger partial charge in [-0.25, -0.2) is 19.6 Å². The van der Waals surface area contributed by atoms with Gasteiger partial charge in [-0.1, -0.05) is 53.0 Å². The number of nitrogens with zero attached hydrogens (tertiary/aromatic N) is 6. The van der Waals surface area contributed by atoms with Gasteiger partial charge in [-0.15, -0.1) is 0 Å². The van der Waals surface area contributed by atoms with Crippen LogP contribution >= 0.6 is 22.7 Å². The Balaban J connectivity index is 0.880. The Morgan fingerprint density at radius 3 is 1.48 bits per heavy atom. The van der Waals surface area contributed by atoms with Crippen LogP contribution in [0.4, 0.5) is 31.2 Å². The van der Waals surface area contributed by atoms with Crippen LogP contribution in [0.1, 0.15) is 25.7 Å². The first-order valence-electron chi connectivity index (χ1n) is 15.8.